The van der Waals surface area contributed by atoms with Crippen LogP contribution < -0.4 is 4.74 Å². The van der Waals surface area contributed by atoms with E-state index in [2.05, 4.69) is 4.98 Å². The Morgan fingerprint density at radius 2 is 2.19 bits per heavy atom. The first-order valence-corrected chi connectivity index (χ1v) is 6.92. The third-order valence-electron chi connectivity index (χ3n) is 1.89. The molecule has 1 N–H and O–H groups in total. The van der Waals surface area contributed by atoms with Gasteiger partial charge in [-0.15, -0.1) is 0 Å². The Labute approximate surface area is 95.0 Å². The lowest BCUT2D eigenvalue weighted by Crippen LogP contribution is -2.13. The number of hydrogen-bond acceptors (Lipinski definition) is 5. The van der Waals surface area contributed by atoms with Gasteiger partial charge in [-0.3, -0.25) is 4.98 Å². The quantitative estimate of drug-likeness (QED) is 0.820. The summed E-state index contributed by atoms with van der Waals surface area (Å²) in [5.41, 5.74) is 0.441. The summed E-state index contributed by atoms with van der Waals surface area (Å²) in [6, 6.07) is 1.59. The molecule has 1 aromatic rings. The standard InChI is InChI=1S/C10H15NO4S/c1-3-15-9-4-8(5-11-6-9)10(12)7-16(2,13)14/h4-6,10,12H,3,7H2,1-2H3. The molecule has 90 valence electrons. The Morgan fingerprint density at radius 1 is 1.50 bits per heavy atom. The molecule has 0 bridgehead atoms. The Balaban J connectivity index is 2.83. The van der Waals surface area contributed by atoms with Crippen molar-refractivity contribution in [1.29, 1.82) is 0 Å². The summed E-state index contributed by atoms with van der Waals surface area (Å²) in [6.07, 6.45) is 2.96. The number of pyridine rings is 1. The molecule has 6 heteroatoms. The maximum absolute atomic E-state index is 11.0. The van der Waals surface area contributed by atoms with Crippen LogP contribution in [0.3, 0.4) is 0 Å². The molecule has 0 aliphatic heterocycles. The average Bonchev–Trinajstić information content (AvgIpc) is 2.16. The van der Waals surface area contributed by atoms with E-state index >= 15 is 0 Å². The molecule has 5 nitrogen and oxygen atoms in total. The van der Waals surface area contributed by atoms with E-state index in [0.29, 0.717) is 17.9 Å². The van der Waals surface area contributed by atoms with E-state index in [9.17, 15) is 13.5 Å². The van der Waals surface area contributed by atoms with E-state index in [1.54, 1.807) is 6.07 Å². The third-order valence-corrected chi connectivity index (χ3v) is 2.81. The van der Waals surface area contributed by atoms with Crippen molar-refractivity contribution in [3.8, 4) is 5.75 Å². The van der Waals surface area contributed by atoms with E-state index in [0.717, 1.165) is 6.26 Å². The zero-order chi connectivity index (χ0) is 12.2. The first-order valence-electron chi connectivity index (χ1n) is 4.86. The topological polar surface area (TPSA) is 76.5 Å². The molecule has 0 saturated carbocycles. The predicted molar refractivity (Wildman–Crippen MR) is 60.1 cm³/mol. The summed E-state index contributed by atoms with van der Waals surface area (Å²) in [5.74, 6) is 0.206. The van der Waals surface area contributed by atoms with E-state index in [-0.39, 0.29) is 5.75 Å². The Bertz CT molecular complexity index is 444. The molecule has 1 aromatic heterocycles. The van der Waals surface area contributed by atoms with E-state index < -0.39 is 15.9 Å². The van der Waals surface area contributed by atoms with E-state index in [1.807, 2.05) is 6.92 Å². The van der Waals surface area contributed by atoms with E-state index in [4.69, 9.17) is 4.74 Å². The first-order chi connectivity index (χ1) is 7.42. The largest absolute Gasteiger partial charge is 0.492 e. The molecule has 1 rings (SSSR count). The fraction of sp³-hybridized carbons (Fsp3) is 0.500. The average molecular weight is 245 g/mol. The molecular weight excluding hydrogens is 230 g/mol. The van der Waals surface area contributed by atoms with Crippen molar-refractivity contribution in [2.75, 3.05) is 18.6 Å². The van der Waals surface area contributed by atoms with Gasteiger partial charge < -0.3 is 9.84 Å². The zero-order valence-corrected chi connectivity index (χ0v) is 10.1. The third kappa shape index (κ3) is 4.16. The second-order valence-electron chi connectivity index (χ2n) is 3.50. The summed E-state index contributed by atoms with van der Waals surface area (Å²) in [4.78, 5) is 3.87. The van der Waals surface area contributed by atoms with Crippen molar-refractivity contribution in [2.45, 2.75) is 13.0 Å². The van der Waals surface area contributed by atoms with Gasteiger partial charge in [0.15, 0.2) is 0 Å². The lowest BCUT2D eigenvalue weighted by Gasteiger charge is -2.10. The molecule has 0 aliphatic rings. The highest BCUT2D eigenvalue weighted by Gasteiger charge is 2.15. The molecule has 16 heavy (non-hydrogen) atoms. The van der Waals surface area contributed by atoms with Gasteiger partial charge in [0, 0.05) is 18.0 Å². The molecule has 1 atom stereocenters. The van der Waals surface area contributed by atoms with Crippen LogP contribution in [0.1, 0.15) is 18.6 Å². The summed E-state index contributed by atoms with van der Waals surface area (Å²) in [6.45, 7) is 2.33. The van der Waals surface area contributed by atoms with Crippen molar-refractivity contribution in [3.05, 3.63) is 24.0 Å². The summed E-state index contributed by atoms with van der Waals surface area (Å²) >= 11 is 0. The molecule has 0 radical (unpaired) electrons. The minimum atomic E-state index is -3.22. The van der Waals surface area contributed by atoms with Crippen LogP contribution in [0.25, 0.3) is 0 Å². The van der Waals surface area contributed by atoms with Gasteiger partial charge in [0.25, 0.3) is 0 Å². The van der Waals surface area contributed by atoms with Crippen LogP contribution in [0.15, 0.2) is 18.5 Å². The SMILES string of the molecule is CCOc1cncc(C(O)CS(C)(=O)=O)c1. The van der Waals surface area contributed by atoms with E-state index in [1.165, 1.54) is 12.4 Å². The van der Waals surface area contributed by atoms with Gasteiger partial charge in [-0.05, 0) is 13.0 Å². The molecule has 0 amide bonds. The van der Waals surface area contributed by atoms with Crippen LogP contribution in [-0.2, 0) is 9.84 Å². The number of aromatic nitrogens is 1. The summed E-state index contributed by atoms with van der Waals surface area (Å²) < 4.78 is 27.2. The van der Waals surface area contributed by atoms with Crippen molar-refractivity contribution >= 4 is 9.84 Å². The maximum Gasteiger partial charge on any atom is 0.150 e. The monoisotopic (exact) mass is 245 g/mol. The Morgan fingerprint density at radius 3 is 2.75 bits per heavy atom. The number of sulfone groups is 1. The molecule has 0 spiro atoms. The smallest absolute Gasteiger partial charge is 0.150 e. The fourth-order valence-electron chi connectivity index (χ4n) is 1.25. The van der Waals surface area contributed by atoms with Crippen LogP contribution >= 0.6 is 0 Å². The minimum absolute atomic E-state index is 0.315. The van der Waals surface area contributed by atoms with Crippen LogP contribution in [0, 0.1) is 0 Å². The number of nitrogens with zero attached hydrogens (tertiary/aromatic N) is 1. The highest BCUT2D eigenvalue weighted by atomic mass is 32.2. The number of aliphatic hydroxyl groups excluding tert-OH is 1. The highest BCUT2D eigenvalue weighted by molar-refractivity contribution is 7.90. The maximum atomic E-state index is 11.0. The second-order valence-corrected chi connectivity index (χ2v) is 5.68. The number of aliphatic hydroxyl groups is 1. The van der Waals surface area contributed by atoms with Gasteiger partial charge >= 0.3 is 0 Å². The van der Waals surface area contributed by atoms with Crippen molar-refractivity contribution in [3.63, 3.8) is 0 Å². The van der Waals surface area contributed by atoms with Crippen molar-refractivity contribution in [2.24, 2.45) is 0 Å². The Kier molecular flexibility index (Phi) is 4.26. The molecule has 1 heterocycles. The van der Waals surface area contributed by atoms with Gasteiger partial charge in [0.1, 0.15) is 15.6 Å². The summed E-state index contributed by atoms with van der Waals surface area (Å²) in [7, 11) is -3.22. The minimum Gasteiger partial charge on any atom is -0.492 e. The van der Waals surface area contributed by atoms with Crippen LogP contribution in [0.5, 0.6) is 5.75 Å². The number of ether oxygens (including phenoxy) is 1. The highest BCUT2D eigenvalue weighted by Crippen LogP contribution is 2.18. The lowest BCUT2D eigenvalue weighted by atomic mass is 10.2. The van der Waals surface area contributed by atoms with Gasteiger partial charge in [0.2, 0.25) is 0 Å². The lowest BCUT2D eigenvalue weighted by molar-refractivity contribution is 0.200. The zero-order valence-electron chi connectivity index (χ0n) is 9.25. The summed E-state index contributed by atoms with van der Waals surface area (Å²) in [5, 5.41) is 9.67. The van der Waals surface area contributed by atoms with Crippen molar-refractivity contribution < 1.29 is 18.3 Å². The molecular formula is C10H15NO4S. The normalized spacial score (nSPS) is 13.4. The van der Waals surface area contributed by atoms with Crippen LogP contribution in [0.4, 0.5) is 0 Å². The molecule has 0 fully saturated rings. The second kappa shape index (κ2) is 5.27. The number of rotatable bonds is 5. The van der Waals surface area contributed by atoms with Crippen molar-refractivity contribution in [1.82, 2.24) is 4.98 Å². The molecule has 0 aliphatic carbocycles. The fourth-order valence-corrected chi connectivity index (χ4v) is 2.01. The molecule has 0 aromatic carbocycles. The molecule has 1 unspecified atom stereocenters. The first kappa shape index (κ1) is 12.9. The van der Waals surface area contributed by atoms with Gasteiger partial charge in [-0.1, -0.05) is 0 Å². The van der Waals surface area contributed by atoms with Crippen LogP contribution in [-0.4, -0.2) is 37.1 Å². The van der Waals surface area contributed by atoms with Gasteiger partial charge in [-0.2, -0.15) is 0 Å². The predicted octanol–water partition coefficient (Wildman–Crippen LogP) is 0.558. The number of hydrogen-bond donors (Lipinski definition) is 1. The Hall–Kier alpha value is -1.14. The van der Waals surface area contributed by atoms with Gasteiger partial charge in [0.05, 0.1) is 24.7 Å². The van der Waals surface area contributed by atoms with Gasteiger partial charge in [-0.25, -0.2) is 8.42 Å². The van der Waals surface area contributed by atoms with Crippen LogP contribution in [0.2, 0.25) is 0 Å². The molecule has 0 saturated heterocycles.